The molecule has 1 saturated heterocycles. The van der Waals surface area contributed by atoms with Gasteiger partial charge in [0.25, 0.3) is 5.91 Å². The molecule has 1 atom stereocenters. The van der Waals surface area contributed by atoms with Gasteiger partial charge in [0.2, 0.25) is 0 Å². The Morgan fingerprint density at radius 2 is 2.25 bits per heavy atom. The molecule has 2 heterocycles. The van der Waals surface area contributed by atoms with Gasteiger partial charge in [-0.25, -0.2) is 0 Å². The molecule has 2 rings (SSSR count). The predicted octanol–water partition coefficient (Wildman–Crippen LogP) is 2.23. The number of aliphatic carboxylic acids is 1. The van der Waals surface area contributed by atoms with Crippen LogP contribution in [0, 0.1) is 6.92 Å². The Balaban J connectivity index is 2.13. The normalized spacial score (nSPS) is 19.1. The van der Waals surface area contributed by atoms with Crippen LogP contribution in [0.15, 0.2) is 0 Å². The SMILES string of the molecule is Cc1[nH]nc(C(=O)N2CCCC[C@@H]2CCC(=O)O)c1Cl. The number of hydrogen-bond donors (Lipinski definition) is 2. The fourth-order valence-corrected chi connectivity index (χ4v) is 2.72. The molecule has 0 bridgehead atoms. The molecule has 0 unspecified atom stereocenters. The number of carboxylic acid groups (broad SMARTS) is 1. The number of nitrogens with zero attached hydrogens (tertiary/aromatic N) is 2. The summed E-state index contributed by atoms with van der Waals surface area (Å²) in [6.07, 6.45) is 3.32. The highest BCUT2D eigenvalue weighted by molar-refractivity contribution is 6.34. The van der Waals surface area contributed by atoms with E-state index in [9.17, 15) is 9.59 Å². The molecule has 1 fully saturated rings. The third-order valence-corrected chi connectivity index (χ3v) is 4.12. The van der Waals surface area contributed by atoms with Crippen molar-refractivity contribution in [1.29, 1.82) is 0 Å². The van der Waals surface area contributed by atoms with E-state index in [1.165, 1.54) is 0 Å². The van der Waals surface area contributed by atoms with Gasteiger partial charge < -0.3 is 10.0 Å². The highest BCUT2D eigenvalue weighted by Gasteiger charge is 2.30. The Labute approximate surface area is 122 Å². The molecule has 1 amide bonds. The third kappa shape index (κ3) is 3.12. The molecule has 110 valence electrons. The number of aromatic amines is 1. The van der Waals surface area contributed by atoms with Crippen LogP contribution in [0.1, 0.15) is 48.3 Å². The molecule has 1 aromatic rings. The molecule has 1 aliphatic rings. The minimum absolute atomic E-state index is 0.0413. The van der Waals surface area contributed by atoms with Crippen molar-refractivity contribution in [3.8, 4) is 0 Å². The molecule has 0 aromatic carbocycles. The number of aryl methyl sites for hydroxylation is 1. The van der Waals surface area contributed by atoms with E-state index < -0.39 is 5.97 Å². The Bertz CT molecular complexity index is 515. The van der Waals surface area contributed by atoms with Crippen molar-refractivity contribution in [1.82, 2.24) is 15.1 Å². The van der Waals surface area contributed by atoms with Crippen molar-refractivity contribution in [3.05, 3.63) is 16.4 Å². The van der Waals surface area contributed by atoms with Crippen molar-refractivity contribution < 1.29 is 14.7 Å². The lowest BCUT2D eigenvalue weighted by molar-refractivity contribution is -0.137. The number of amides is 1. The highest BCUT2D eigenvalue weighted by Crippen LogP contribution is 2.25. The zero-order chi connectivity index (χ0) is 14.7. The van der Waals surface area contributed by atoms with Crippen LogP contribution in [0.25, 0.3) is 0 Å². The van der Waals surface area contributed by atoms with Crippen molar-refractivity contribution >= 4 is 23.5 Å². The number of rotatable bonds is 4. The van der Waals surface area contributed by atoms with E-state index in [1.807, 2.05) is 0 Å². The van der Waals surface area contributed by atoms with Crippen molar-refractivity contribution in [2.24, 2.45) is 0 Å². The van der Waals surface area contributed by atoms with Gasteiger partial charge in [-0.3, -0.25) is 14.7 Å². The Kier molecular flexibility index (Phi) is 4.65. The van der Waals surface area contributed by atoms with Crippen LogP contribution in [0.4, 0.5) is 0 Å². The number of likely N-dealkylation sites (tertiary alicyclic amines) is 1. The zero-order valence-electron chi connectivity index (χ0n) is 11.4. The van der Waals surface area contributed by atoms with Gasteiger partial charge in [0.05, 0.1) is 10.7 Å². The van der Waals surface area contributed by atoms with Gasteiger partial charge in [-0.1, -0.05) is 11.6 Å². The molecule has 6 nitrogen and oxygen atoms in total. The molecule has 2 N–H and O–H groups in total. The number of carbonyl (C=O) groups excluding carboxylic acids is 1. The smallest absolute Gasteiger partial charge is 0.303 e. The number of aromatic nitrogens is 2. The quantitative estimate of drug-likeness (QED) is 0.892. The summed E-state index contributed by atoms with van der Waals surface area (Å²) in [7, 11) is 0. The van der Waals surface area contributed by atoms with Gasteiger partial charge in [-0.05, 0) is 32.6 Å². The van der Waals surface area contributed by atoms with Crippen LogP contribution < -0.4 is 0 Å². The molecule has 0 radical (unpaired) electrons. The first-order valence-corrected chi connectivity index (χ1v) is 7.11. The molecule has 7 heteroatoms. The van der Waals surface area contributed by atoms with E-state index in [-0.39, 0.29) is 24.1 Å². The summed E-state index contributed by atoms with van der Waals surface area (Å²) in [5.74, 6) is -1.05. The lowest BCUT2D eigenvalue weighted by atomic mass is 9.97. The van der Waals surface area contributed by atoms with E-state index in [0.717, 1.165) is 19.3 Å². The minimum Gasteiger partial charge on any atom is -0.481 e. The molecule has 20 heavy (non-hydrogen) atoms. The Morgan fingerprint density at radius 3 is 2.85 bits per heavy atom. The predicted molar refractivity (Wildman–Crippen MR) is 73.9 cm³/mol. The maximum atomic E-state index is 12.5. The monoisotopic (exact) mass is 299 g/mol. The van der Waals surface area contributed by atoms with E-state index >= 15 is 0 Å². The summed E-state index contributed by atoms with van der Waals surface area (Å²) in [4.78, 5) is 24.9. The third-order valence-electron chi connectivity index (χ3n) is 3.65. The van der Waals surface area contributed by atoms with Crippen molar-refractivity contribution in [2.75, 3.05) is 6.54 Å². The van der Waals surface area contributed by atoms with E-state index in [0.29, 0.717) is 23.7 Å². The summed E-state index contributed by atoms with van der Waals surface area (Å²) >= 11 is 6.06. The largest absolute Gasteiger partial charge is 0.481 e. The zero-order valence-corrected chi connectivity index (χ0v) is 12.1. The van der Waals surface area contributed by atoms with Crippen molar-refractivity contribution in [2.45, 2.75) is 45.1 Å². The minimum atomic E-state index is -0.836. The van der Waals surface area contributed by atoms with Crippen LogP contribution >= 0.6 is 11.6 Å². The number of piperidine rings is 1. The number of H-pyrrole nitrogens is 1. The molecule has 1 aliphatic heterocycles. The first-order valence-electron chi connectivity index (χ1n) is 6.74. The standard InChI is InChI=1S/C13H18ClN3O3/c1-8-11(14)12(16-15-8)13(20)17-7-3-2-4-9(17)5-6-10(18)19/h9H,2-7H2,1H3,(H,15,16)(H,18,19)/t9-/m1/s1. The maximum absolute atomic E-state index is 12.5. The average Bonchev–Trinajstić information content (AvgIpc) is 2.76. The summed E-state index contributed by atoms with van der Waals surface area (Å²) in [6.45, 7) is 2.38. The topological polar surface area (TPSA) is 86.3 Å². The Hall–Kier alpha value is -1.56. The second-order valence-corrected chi connectivity index (χ2v) is 5.47. The Morgan fingerprint density at radius 1 is 1.50 bits per heavy atom. The van der Waals surface area contributed by atoms with E-state index in [2.05, 4.69) is 10.2 Å². The summed E-state index contributed by atoms with van der Waals surface area (Å²) in [6, 6.07) is -0.0413. The van der Waals surface area contributed by atoms with Crippen LogP contribution in [-0.2, 0) is 4.79 Å². The second-order valence-electron chi connectivity index (χ2n) is 5.09. The van der Waals surface area contributed by atoms with Gasteiger partial charge in [0, 0.05) is 19.0 Å². The van der Waals surface area contributed by atoms with Crippen molar-refractivity contribution in [3.63, 3.8) is 0 Å². The molecule has 0 spiro atoms. The van der Waals surface area contributed by atoms with Gasteiger partial charge in [-0.15, -0.1) is 0 Å². The average molecular weight is 300 g/mol. The lowest BCUT2D eigenvalue weighted by Crippen LogP contribution is -2.44. The maximum Gasteiger partial charge on any atom is 0.303 e. The number of carboxylic acids is 1. The second kappa shape index (κ2) is 6.26. The van der Waals surface area contributed by atoms with Gasteiger partial charge in [-0.2, -0.15) is 5.10 Å². The van der Waals surface area contributed by atoms with Crippen LogP contribution in [-0.4, -0.2) is 44.7 Å². The molecule has 1 aromatic heterocycles. The first-order chi connectivity index (χ1) is 9.50. The molecule has 0 aliphatic carbocycles. The molecule has 0 saturated carbocycles. The van der Waals surface area contributed by atoms with Crippen LogP contribution in [0.5, 0.6) is 0 Å². The van der Waals surface area contributed by atoms with Gasteiger partial charge >= 0.3 is 5.97 Å². The van der Waals surface area contributed by atoms with Gasteiger partial charge in [0.1, 0.15) is 0 Å². The number of hydrogen-bond acceptors (Lipinski definition) is 3. The molecular formula is C13H18ClN3O3. The summed E-state index contributed by atoms with van der Waals surface area (Å²) in [5.41, 5.74) is 0.889. The van der Waals surface area contributed by atoms with Gasteiger partial charge in [0.15, 0.2) is 5.69 Å². The van der Waals surface area contributed by atoms with E-state index in [4.69, 9.17) is 16.7 Å². The van der Waals surface area contributed by atoms with Crippen LogP contribution in [0.2, 0.25) is 5.02 Å². The summed E-state index contributed by atoms with van der Waals surface area (Å²) < 4.78 is 0. The number of carbonyl (C=O) groups is 2. The number of halogens is 1. The van der Waals surface area contributed by atoms with Crippen LogP contribution in [0.3, 0.4) is 0 Å². The fourth-order valence-electron chi connectivity index (χ4n) is 2.55. The summed E-state index contributed by atoms with van der Waals surface area (Å²) in [5, 5.41) is 15.8. The highest BCUT2D eigenvalue weighted by atomic mass is 35.5. The molecular weight excluding hydrogens is 282 g/mol. The first kappa shape index (κ1) is 14.8. The fraction of sp³-hybridized carbons (Fsp3) is 0.615. The lowest BCUT2D eigenvalue weighted by Gasteiger charge is -2.35. The number of nitrogens with one attached hydrogen (secondary N) is 1. The van der Waals surface area contributed by atoms with E-state index in [1.54, 1.807) is 11.8 Å².